The summed E-state index contributed by atoms with van der Waals surface area (Å²) in [6.45, 7) is 0. The Labute approximate surface area is 325 Å². The van der Waals surface area contributed by atoms with Crippen molar-refractivity contribution >= 4 is 43.9 Å². The number of carbonyl (C=O) groups excluding carboxylic acids is 4. The fourth-order valence-electron chi connectivity index (χ4n) is 4.96. The number of hydrogen-bond donors (Lipinski definition) is 0. The first kappa shape index (κ1) is 36.1. The summed E-state index contributed by atoms with van der Waals surface area (Å²) in [7, 11) is 0. The van der Waals surface area contributed by atoms with Gasteiger partial charge in [0.2, 0.25) is 0 Å². The second-order valence-electron chi connectivity index (χ2n) is 11.5. The van der Waals surface area contributed by atoms with Crippen LogP contribution in [0.5, 0.6) is 0 Å². The monoisotopic (exact) mass is 872 g/mol. The third-order valence-corrected chi connectivity index (χ3v) is 12.6. The van der Waals surface area contributed by atoms with Gasteiger partial charge in [0.05, 0.1) is 0 Å². The molecule has 0 fully saturated rings. The van der Waals surface area contributed by atoms with Gasteiger partial charge in [0.15, 0.2) is 0 Å². The fourth-order valence-corrected chi connectivity index (χ4v) is 9.46. The normalized spacial score (nSPS) is 11.1. The molecule has 0 amide bonds. The van der Waals surface area contributed by atoms with E-state index in [2.05, 4.69) is 40.8 Å². The molecule has 0 N–H and O–H groups in total. The zero-order chi connectivity index (χ0) is 39.2. The summed E-state index contributed by atoms with van der Waals surface area (Å²) < 4.78 is 22.7. The third kappa shape index (κ3) is 8.14. The van der Waals surface area contributed by atoms with Crippen LogP contribution in [0.15, 0.2) is 146 Å². The summed E-state index contributed by atoms with van der Waals surface area (Å²) in [6, 6.07) is 34.4. The minimum atomic E-state index is -6.86. The van der Waals surface area contributed by atoms with Crippen molar-refractivity contribution < 1.29 is 31.5 Å². The maximum atomic E-state index is 13.9. The molecule has 0 aliphatic carbocycles. The summed E-state index contributed by atoms with van der Waals surface area (Å²) in [5, 5.41) is 33.0. The number of carbonyl (C=O) groups is 4. The molecule has 280 valence electrons. The first-order valence-electron chi connectivity index (χ1n) is 16.7. The van der Waals surface area contributed by atoms with Crippen molar-refractivity contribution in [2.45, 2.75) is 0 Å². The predicted molar refractivity (Wildman–Crippen MR) is 193 cm³/mol. The van der Waals surface area contributed by atoms with Gasteiger partial charge in [-0.05, 0) is 0 Å². The first-order valence-corrected chi connectivity index (χ1v) is 21.3. The van der Waals surface area contributed by atoms with Gasteiger partial charge in [-0.1, -0.05) is 0 Å². The topological polar surface area (TPSA) is 228 Å². The van der Waals surface area contributed by atoms with Gasteiger partial charge in [-0.15, -0.1) is 0 Å². The second kappa shape index (κ2) is 15.8. The Morgan fingerprint density at radius 3 is 0.772 bits per heavy atom. The van der Waals surface area contributed by atoms with E-state index >= 15 is 0 Å². The fraction of sp³-hybridized carbons (Fsp3) is 0. The molecule has 0 radical (unpaired) electrons. The standard InChI is InChI=1S/4C9H7N3O2.Sn/c4*13-9(14)8-6-10-12(11-8)7-4-2-1-3-5-7;/h4*1-6H,(H,13,14);/q;;;;+4/p-4. The molecule has 4 aromatic carbocycles. The van der Waals surface area contributed by atoms with E-state index in [1.165, 1.54) is 0 Å². The van der Waals surface area contributed by atoms with Gasteiger partial charge in [0.1, 0.15) is 0 Å². The molecule has 21 heteroatoms. The Balaban J connectivity index is 1.17. The molecular weight excluding hydrogens is 847 g/mol. The van der Waals surface area contributed by atoms with Gasteiger partial charge in [0.25, 0.3) is 0 Å². The Kier molecular flexibility index (Phi) is 10.0. The summed E-state index contributed by atoms with van der Waals surface area (Å²) in [4.78, 5) is 60.0. The van der Waals surface area contributed by atoms with Crippen molar-refractivity contribution in [1.82, 2.24) is 60.0 Å². The van der Waals surface area contributed by atoms with Crippen molar-refractivity contribution in [2.75, 3.05) is 0 Å². The second-order valence-corrected chi connectivity index (χ2v) is 16.7. The summed E-state index contributed by atoms with van der Waals surface area (Å²) in [5.74, 6) is -5.30. The van der Waals surface area contributed by atoms with Crippen LogP contribution in [-0.4, -0.2) is 104 Å². The molecule has 0 saturated carbocycles. The molecule has 20 nitrogen and oxygen atoms in total. The Hall–Kier alpha value is -7.88. The van der Waals surface area contributed by atoms with Crippen LogP contribution in [0, 0.1) is 0 Å². The molecule has 57 heavy (non-hydrogen) atoms. The number of para-hydroxylation sites is 4. The summed E-state index contributed by atoms with van der Waals surface area (Å²) in [5.41, 5.74) is 0.234. The van der Waals surface area contributed by atoms with Crippen LogP contribution in [0.3, 0.4) is 0 Å². The van der Waals surface area contributed by atoms with Crippen LogP contribution in [0.4, 0.5) is 0 Å². The van der Waals surface area contributed by atoms with Crippen molar-refractivity contribution in [2.24, 2.45) is 0 Å². The third-order valence-electron chi connectivity index (χ3n) is 7.62. The van der Waals surface area contributed by atoms with Crippen molar-refractivity contribution in [3.63, 3.8) is 0 Å². The van der Waals surface area contributed by atoms with Gasteiger partial charge >= 0.3 is 327 Å². The molecule has 0 spiro atoms. The molecule has 0 unspecified atom stereocenters. The summed E-state index contributed by atoms with van der Waals surface area (Å²) in [6.07, 6.45) is 4.22. The molecule has 0 aliphatic rings. The average Bonchev–Trinajstić information content (AvgIpc) is 4.09. The van der Waals surface area contributed by atoms with E-state index in [-0.39, 0.29) is 0 Å². The van der Waals surface area contributed by atoms with E-state index in [0.29, 0.717) is 22.7 Å². The van der Waals surface area contributed by atoms with Crippen molar-refractivity contribution in [1.29, 1.82) is 0 Å². The van der Waals surface area contributed by atoms with Crippen LogP contribution in [0.2, 0.25) is 0 Å². The number of benzene rings is 4. The van der Waals surface area contributed by atoms with E-state index in [1.807, 2.05) is 0 Å². The zero-order valence-corrected chi connectivity index (χ0v) is 31.8. The number of nitrogens with zero attached hydrogens (tertiary/aromatic N) is 12. The molecule has 0 aliphatic heterocycles. The first-order chi connectivity index (χ1) is 27.8. The quantitative estimate of drug-likeness (QED) is 0.161. The van der Waals surface area contributed by atoms with Gasteiger partial charge in [-0.3, -0.25) is 0 Å². The van der Waals surface area contributed by atoms with E-state index < -0.39 is 66.7 Å². The van der Waals surface area contributed by atoms with E-state index in [0.717, 1.165) is 44.0 Å². The SMILES string of the molecule is O=C([O][Sn]([O]C(=O)c1cnn(-c2ccccc2)n1)([O]C(=O)c1cnn(-c2ccccc2)n1)[O]C(=O)c1cnn(-c2ccccc2)n1)c1cnn(-c2ccccc2)n1. The van der Waals surface area contributed by atoms with Crippen LogP contribution < -0.4 is 0 Å². The molecule has 4 heterocycles. The van der Waals surface area contributed by atoms with Gasteiger partial charge in [-0.2, -0.15) is 0 Å². The summed E-state index contributed by atoms with van der Waals surface area (Å²) >= 11 is -6.86. The molecule has 8 rings (SSSR count). The van der Waals surface area contributed by atoms with Gasteiger partial charge in [-0.25, -0.2) is 0 Å². The van der Waals surface area contributed by atoms with Crippen LogP contribution in [-0.2, 0) is 12.3 Å². The zero-order valence-electron chi connectivity index (χ0n) is 29.0. The molecule has 0 bridgehead atoms. The minimum absolute atomic E-state index is 0.428. The molecule has 0 atom stereocenters. The van der Waals surface area contributed by atoms with Gasteiger partial charge < -0.3 is 0 Å². The van der Waals surface area contributed by atoms with Crippen molar-refractivity contribution in [3.8, 4) is 22.7 Å². The Bertz CT molecular complexity index is 2310. The van der Waals surface area contributed by atoms with E-state index in [9.17, 15) is 19.2 Å². The Morgan fingerprint density at radius 2 is 0.561 bits per heavy atom. The maximum absolute atomic E-state index is 13.9. The van der Waals surface area contributed by atoms with Gasteiger partial charge in [0, 0.05) is 0 Å². The number of rotatable bonds is 12. The molecule has 8 aromatic rings. The predicted octanol–water partition coefficient (Wildman–Crippen LogP) is 3.17. The molecular formula is C36H24N12O8Sn. The van der Waals surface area contributed by atoms with E-state index in [1.54, 1.807) is 121 Å². The average molecular weight is 871 g/mol. The molecule has 4 aromatic heterocycles. The number of hydrogen-bond acceptors (Lipinski definition) is 16. The van der Waals surface area contributed by atoms with E-state index in [4.69, 9.17) is 12.3 Å². The molecule has 0 saturated heterocycles. The number of aromatic nitrogens is 12. The van der Waals surface area contributed by atoms with Crippen LogP contribution in [0.1, 0.15) is 42.0 Å². The van der Waals surface area contributed by atoms with Crippen LogP contribution >= 0.6 is 0 Å². The van der Waals surface area contributed by atoms with Crippen LogP contribution in [0.25, 0.3) is 22.7 Å². The Morgan fingerprint density at radius 1 is 0.351 bits per heavy atom. The van der Waals surface area contributed by atoms with Crippen molar-refractivity contribution in [3.05, 3.63) is 169 Å².